The van der Waals surface area contributed by atoms with Crippen molar-refractivity contribution < 1.29 is 10.2 Å². The summed E-state index contributed by atoms with van der Waals surface area (Å²) in [6, 6.07) is 0. The van der Waals surface area contributed by atoms with Crippen molar-refractivity contribution in [2.75, 3.05) is 24.3 Å². The molecule has 1 rings (SSSR count). The highest BCUT2D eigenvalue weighted by atomic mass is 16.3. The average Bonchev–Trinajstić information content (AvgIpc) is 2.42. The van der Waals surface area contributed by atoms with Crippen molar-refractivity contribution in [3.05, 3.63) is 11.4 Å². The summed E-state index contributed by atoms with van der Waals surface area (Å²) in [5.74, 6) is 1.69. The number of nitrogen functional groups attached to an aromatic ring is 1. The van der Waals surface area contributed by atoms with E-state index in [4.69, 9.17) is 5.73 Å². The minimum Gasteiger partial charge on any atom is -0.394 e. The number of nitrogens with zero attached hydrogens (tertiary/aromatic N) is 2. The number of nitrogens with two attached hydrogens (primary N) is 1. The molecule has 108 valence electrons. The Kier molecular flexibility index (Phi) is 5.50. The summed E-state index contributed by atoms with van der Waals surface area (Å²) in [4.78, 5) is 8.66. The lowest BCUT2D eigenvalue weighted by atomic mass is 9.98. The Bertz CT molecular complexity index is 411. The number of rotatable bonds is 7. The molecule has 6 heteroatoms. The number of aryl methyl sites for hydroxylation is 1. The van der Waals surface area contributed by atoms with Crippen LogP contribution in [-0.2, 0) is 6.42 Å². The number of hydrogen-bond acceptors (Lipinski definition) is 6. The van der Waals surface area contributed by atoms with Crippen LogP contribution < -0.4 is 11.1 Å². The molecule has 0 aliphatic carbocycles. The first kappa shape index (κ1) is 15.7. The van der Waals surface area contributed by atoms with E-state index >= 15 is 0 Å². The van der Waals surface area contributed by atoms with Gasteiger partial charge in [-0.1, -0.05) is 13.8 Å². The van der Waals surface area contributed by atoms with E-state index in [1.165, 1.54) is 0 Å². The predicted molar refractivity (Wildman–Crippen MR) is 76.0 cm³/mol. The molecule has 0 aliphatic heterocycles. The summed E-state index contributed by atoms with van der Waals surface area (Å²) in [5.41, 5.74) is 5.83. The fourth-order valence-corrected chi connectivity index (χ4v) is 1.73. The van der Waals surface area contributed by atoms with Crippen molar-refractivity contribution in [1.82, 2.24) is 9.97 Å². The molecule has 0 amide bonds. The molecule has 0 saturated carbocycles. The zero-order chi connectivity index (χ0) is 14.5. The Labute approximate surface area is 114 Å². The number of aliphatic hydroxyl groups excluding tert-OH is 2. The molecule has 0 unspecified atom stereocenters. The lowest BCUT2D eigenvalue weighted by molar-refractivity contribution is 0.132. The van der Waals surface area contributed by atoms with Gasteiger partial charge in [0, 0.05) is 12.0 Å². The van der Waals surface area contributed by atoms with Crippen LogP contribution in [0.2, 0.25) is 0 Å². The van der Waals surface area contributed by atoms with Crippen LogP contribution in [0.1, 0.15) is 38.1 Å². The maximum atomic E-state index is 9.47. The summed E-state index contributed by atoms with van der Waals surface area (Å²) >= 11 is 0. The lowest BCUT2D eigenvalue weighted by Crippen LogP contribution is -2.45. The fraction of sp³-hybridized carbons (Fsp3) is 0.692. The highest BCUT2D eigenvalue weighted by molar-refractivity contribution is 5.56. The predicted octanol–water partition coefficient (Wildman–Crippen LogP) is 0.865. The van der Waals surface area contributed by atoms with Gasteiger partial charge in [0.2, 0.25) is 0 Å². The maximum Gasteiger partial charge on any atom is 0.135 e. The van der Waals surface area contributed by atoms with Crippen molar-refractivity contribution in [3.63, 3.8) is 0 Å². The van der Waals surface area contributed by atoms with Crippen LogP contribution >= 0.6 is 0 Å². The van der Waals surface area contributed by atoms with Gasteiger partial charge in [0.1, 0.15) is 17.5 Å². The van der Waals surface area contributed by atoms with E-state index < -0.39 is 5.54 Å². The highest BCUT2D eigenvalue weighted by Crippen LogP contribution is 2.23. The number of anilines is 2. The maximum absolute atomic E-state index is 9.47. The molecule has 0 atom stereocenters. The summed E-state index contributed by atoms with van der Waals surface area (Å²) in [6.45, 7) is 5.41. The van der Waals surface area contributed by atoms with Crippen molar-refractivity contribution in [2.45, 2.75) is 45.6 Å². The van der Waals surface area contributed by atoms with Crippen LogP contribution in [0.3, 0.4) is 0 Å². The monoisotopic (exact) mass is 268 g/mol. The largest absolute Gasteiger partial charge is 0.394 e. The van der Waals surface area contributed by atoms with Crippen molar-refractivity contribution in [3.8, 4) is 0 Å². The second-order valence-electron chi connectivity index (χ2n) is 4.82. The Hall–Kier alpha value is -1.40. The van der Waals surface area contributed by atoms with Gasteiger partial charge < -0.3 is 21.3 Å². The third-order valence-corrected chi connectivity index (χ3v) is 3.37. The van der Waals surface area contributed by atoms with Gasteiger partial charge in [-0.15, -0.1) is 0 Å². The van der Waals surface area contributed by atoms with Gasteiger partial charge in [0.15, 0.2) is 0 Å². The molecule has 1 heterocycles. The Morgan fingerprint density at radius 3 is 2.32 bits per heavy atom. The average molecular weight is 268 g/mol. The van der Waals surface area contributed by atoms with Gasteiger partial charge in [-0.25, -0.2) is 9.97 Å². The highest BCUT2D eigenvalue weighted by Gasteiger charge is 2.28. The van der Waals surface area contributed by atoms with Crippen LogP contribution in [0.15, 0.2) is 0 Å². The van der Waals surface area contributed by atoms with E-state index in [0.29, 0.717) is 23.9 Å². The topological polar surface area (TPSA) is 104 Å². The first-order valence-corrected chi connectivity index (χ1v) is 6.64. The summed E-state index contributed by atoms with van der Waals surface area (Å²) in [6.07, 6.45) is 2.25. The van der Waals surface area contributed by atoms with E-state index in [0.717, 1.165) is 18.4 Å². The Balaban J connectivity index is 3.11. The van der Waals surface area contributed by atoms with Crippen LogP contribution in [-0.4, -0.2) is 38.9 Å². The van der Waals surface area contributed by atoms with Gasteiger partial charge in [-0.3, -0.25) is 0 Å². The van der Waals surface area contributed by atoms with Crippen LogP contribution in [0.25, 0.3) is 0 Å². The van der Waals surface area contributed by atoms with Crippen molar-refractivity contribution in [1.29, 1.82) is 0 Å². The van der Waals surface area contributed by atoms with Gasteiger partial charge in [0.05, 0.1) is 18.8 Å². The van der Waals surface area contributed by atoms with E-state index in [2.05, 4.69) is 15.3 Å². The molecule has 1 aromatic heterocycles. The molecular weight excluding hydrogens is 244 g/mol. The Morgan fingerprint density at radius 1 is 1.21 bits per heavy atom. The van der Waals surface area contributed by atoms with E-state index in [1.807, 2.05) is 20.8 Å². The van der Waals surface area contributed by atoms with E-state index in [-0.39, 0.29) is 13.2 Å². The molecule has 5 N–H and O–H groups in total. The van der Waals surface area contributed by atoms with Gasteiger partial charge in [-0.2, -0.15) is 0 Å². The molecule has 19 heavy (non-hydrogen) atoms. The third-order valence-electron chi connectivity index (χ3n) is 3.37. The molecule has 0 saturated heterocycles. The number of aromatic nitrogens is 2. The molecule has 1 aromatic rings. The van der Waals surface area contributed by atoms with Gasteiger partial charge >= 0.3 is 0 Å². The summed E-state index contributed by atoms with van der Waals surface area (Å²) in [7, 11) is 0. The van der Waals surface area contributed by atoms with E-state index in [9.17, 15) is 10.2 Å². The first-order chi connectivity index (χ1) is 9.01. The molecule has 0 bridgehead atoms. The zero-order valence-corrected chi connectivity index (χ0v) is 11.9. The molecular formula is C13H24N4O2. The standard InChI is InChI=1S/C13H24N4O2/c1-4-6-10-15-11(14)9(3)12(16-10)17-13(5-2,7-18)8-19/h18-19H,4-8H2,1-3H3,(H3,14,15,16,17). The van der Waals surface area contributed by atoms with Gasteiger partial charge in [-0.05, 0) is 19.8 Å². The minimum atomic E-state index is -0.783. The number of aliphatic hydroxyl groups is 2. The molecule has 6 nitrogen and oxygen atoms in total. The first-order valence-electron chi connectivity index (χ1n) is 6.64. The summed E-state index contributed by atoms with van der Waals surface area (Å²) < 4.78 is 0. The number of hydrogen-bond donors (Lipinski definition) is 4. The smallest absolute Gasteiger partial charge is 0.135 e. The second kappa shape index (κ2) is 6.68. The zero-order valence-electron chi connectivity index (χ0n) is 11.9. The Morgan fingerprint density at radius 2 is 1.84 bits per heavy atom. The van der Waals surface area contributed by atoms with E-state index in [1.54, 1.807) is 0 Å². The van der Waals surface area contributed by atoms with Crippen molar-refractivity contribution >= 4 is 11.6 Å². The number of nitrogens with one attached hydrogen (secondary N) is 1. The lowest BCUT2D eigenvalue weighted by Gasteiger charge is -2.31. The quantitative estimate of drug-likeness (QED) is 0.585. The van der Waals surface area contributed by atoms with Crippen LogP contribution in [0, 0.1) is 6.92 Å². The van der Waals surface area contributed by atoms with Crippen LogP contribution in [0.4, 0.5) is 11.6 Å². The molecule has 0 aliphatic rings. The molecule has 0 aromatic carbocycles. The van der Waals surface area contributed by atoms with Gasteiger partial charge in [0.25, 0.3) is 0 Å². The van der Waals surface area contributed by atoms with Crippen LogP contribution in [0.5, 0.6) is 0 Å². The molecule has 0 radical (unpaired) electrons. The SMILES string of the molecule is CCCc1nc(N)c(C)c(NC(CC)(CO)CO)n1. The molecule has 0 fully saturated rings. The normalized spacial score (nSPS) is 11.6. The summed E-state index contributed by atoms with van der Waals surface area (Å²) in [5, 5.41) is 22.1. The second-order valence-corrected chi connectivity index (χ2v) is 4.82. The minimum absolute atomic E-state index is 0.174. The van der Waals surface area contributed by atoms with Crippen molar-refractivity contribution in [2.24, 2.45) is 0 Å². The molecule has 0 spiro atoms. The third kappa shape index (κ3) is 3.54. The fourth-order valence-electron chi connectivity index (χ4n) is 1.73.